The fourth-order valence-corrected chi connectivity index (χ4v) is 3.32. The molecule has 2 aromatic carbocycles. The molecule has 0 unspecified atom stereocenters. The first-order valence-corrected chi connectivity index (χ1v) is 9.53. The SMILES string of the molecule is COc1ccc(C)cc1-n1nnnc1SCC(=O)Nc1cc(Cl)ccc1Cl. The first-order chi connectivity index (χ1) is 13.0. The van der Waals surface area contributed by atoms with Crippen LogP contribution in [0, 0.1) is 6.92 Å². The van der Waals surface area contributed by atoms with Gasteiger partial charge in [-0.3, -0.25) is 4.79 Å². The van der Waals surface area contributed by atoms with Crippen molar-refractivity contribution in [1.82, 2.24) is 20.2 Å². The van der Waals surface area contributed by atoms with Crippen molar-refractivity contribution >= 4 is 46.6 Å². The number of benzene rings is 2. The summed E-state index contributed by atoms with van der Waals surface area (Å²) in [7, 11) is 1.58. The van der Waals surface area contributed by atoms with Gasteiger partial charge in [0.2, 0.25) is 11.1 Å². The van der Waals surface area contributed by atoms with Crippen molar-refractivity contribution in [3.63, 3.8) is 0 Å². The lowest BCUT2D eigenvalue weighted by atomic mass is 10.2. The Morgan fingerprint density at radius 2 is 2.07 bits per heavy atom. The highest BCUT2D eigenvalue weighted by Crippen LogP contribution is 2.28. The number of aromatic nitrogens is 4. The number of carbonyl (C=O) groups is 1. The number of carbonyl (C=O) groups excluding carboxylic acids is 1. The van der Waals surface area contributed by atoms with Crippen LogP contribution in [0.3, 0.4) is 0 Å². The number of nitrogens with one attached hydrogen (secondary N) is 1. The standard InChI is InChI=1S/C17H15Cl2N5O2S/c1-10-3-6-15(26-2)14(7-10)24-17(21-22-23-24)27-9-16(25)20-13-8-11(18)4-5-12(13)19/h3-8H,9H2,1-2H3,(H,20,25). The number of amides is 1. The molecule has 0 bridgehead atoms. The van der Waals surface area contributed by atoms with Crippen molar-refractivity contribution < 1.29 is 9.53 Å². The highest BCUT2D eigenvalue weighted by atomic mass is 35.5. The Labute approximate surface area is 170 Å². The molecule has 0 saturated heterocycles. The maximum absolute atomic E-state index is 12.3. The van der Waals surface area contributed by atoms with Crippen molar-refractivity contribution in [2.24, 2.45) is 0 Å². The topological polar surface area (TPSA) is 81.9 Å². The van der Waals surface area contributed by atoms with Gasteiger partial charge in [0.15, 0.2) is 0 Å². The Bertz CT molecular complexity index is 980. The van der Waals surface area contributed by atoms with Gasteiger partial charge in [0.05, 0.1) is 23.6 Å². The summed E-state index contributed by atoms with van der Waals surface area (Å²) in [6, 6.07) is 10.5. The summed E-state index contributed by atoms with van der Waals surface area (Å²) < 4.78 is 6.91. The molecular weight excluding hydrogens is 409 g/mol. The van der Waals surface area contributed by atoms with Gasteiger partial charge in [-0.15, -0.1) is 5.10 Å². The lowest BCUT2D eigenvalue weighted by Crippen LogP contribution is -2.15. The molecule has 7 nitrogen and oxygen atoms in total. The highest BCUT2D eigenvalue weighted by Gasteiger charge is 2.15. The number of ether oxygens (including phenoxy) is 1. The Morgan fingerprint density at radius 3 is 2.85 bits per heavy atom. The predicted octanol–water partition coefficient (Wildman–Crippen LogP) is 4.02. The van der Waals surface area contributed by atoms with E-state index in [4.69, 9.17) is 27.9 Å². The second-order valence-electron chi connectivity index (χ2n) is 5.51. The summed E-state index contributed by atoms with van der Waals surface area (Å²) in [5.74, 6) is 0.469. The number of tetrazole rings is 1. The lowest BCUT2D eigenvalue weighted by molar-refractivity contribution is -0.113. The van der Waals surface area contributed by atoms with E-state index < -0.39 is 0 Å². The number of aryl methyl sites for hydroxylation is 1. The lowest BCUT2D eigenvalue weighted by Gasteiger charge is -2.10. The summed E-state index contributed by atoms with van der Waals surface area (Å²) in [5, 5.41) is 15.8. The van der Waals surface area contributed by atoms with Crippen LogP contribution in [0.2, 0.25) is 10.0 Å². The molecule has 1 heterocycles. The van der Waals surface area contributed by atoms with Gasteiger partial charge in [-0.1, -0.05) is 41.0 Å². The van der Waals surface area contributed by atoms with Crippen LogP contribution >= 0.6 is 35.0 Å². The third kappa shape index (κ3) is 4.71. The maximum Gasteiger partial charge on any atom is 0.234 e. The molecule has 140 valence electrons. The largest absolute Gasteiger partial charge is 0.494 e. The Balaban J connectivity index is 1.73. The van der Waals surface area contributed by atoms with E-state index in [2.05, 4.69) is 20.8 Å². The van der Waals surface area contributed by atoms with Crippen LogP contribution in [0.4, 0.5) is 5.69 Å². The van der Waals surface area contributed by atoms with E-state index in [-0.39, 0.29) is 11.7 Å². The van der Waals surface area contributed by atoms with Crippen LogP contribution < -0.4 is 10.1 Å². The molecule has 1 N–H and O–H groups in total. The summed E-state index contributed by atoms with van der Waals surface area (Å²) in [6.07, 6.45) is 0. The van der Waals surface area contributed by atoms with Crippen LogP contribution in [0.1, 0.15) is 5.56 Å². The molecule has 0 atom stereocenters. The van der Waals surface area contributed by atoms with E-state index >= 15 is 0 Å². The number of hydrogen-bond acceptors (Lipinski definition) is 6. The van der Waals surface area contributed by atoms with E-state index in [9.17, 15) is 4.79 Å². The summed E-state index contributed by atoms with van der Waals surface area (Å²) >= 11 is 13.2. The van der Waals surface area contributed by atoms with Crippen molar-refractivity contribution in [3.8, 4) is 11.4 Å². The molecule has 0 aliphatic heterocycles. The van der Waals surface area contributed by atoms with Gasteiger partial charge in [-0.2, -0.15) is 4.68 Å². The molecule has 1 aromatic heterocycles. The molecule has 10 heteroatoms. The fraction of sp³-hybridized carbons (Fsp3) is 0.176. The smallest absolute Gasteiger partial charge is 0.234 e. The van der Waals surface area contributed by atoms with Gasteiger partial charge >= 0.3 is 0 Å². The Hall–Kier alpha value is -2.29. The average Bonchev–Trinajstić information content (AvgIpc) is 3.11. The van der Waals surface area contributed by atoms with Crippen molar-refractivity contribution in [1.29, 1.82) is 0 Å². The van der Waals surface area contributed by atoms with Gasteiger partial charge in [-0.05, 0) is 53.2 Å². The Kier molecular flexibility index (Phi) is 6.20. The zero-order chi connectivity index (χ0) is 19.4. The minimum absolute atomic E-state index is 0.0946. The van der Waals surface area contributed by atoms with E-state index in [0.29, 0.717) is 32.3 Å². The van der Waals surface area contributed by atoms with Gasteiger partial charge in [0.25, 0.3) is 0 Å². The van der Waals surface area contributed by atoms with Gasteiger partial charge < -0.3 is 10.1 Å². The second kappa shape index (κ2) is 8.60. The minimum Gasteiger partial charge on any atom is -0.494 e. The van der Waals surface area contributed by atoms with Crippen LogP contribution in [0.25, 0.3) is 5.69 Å². The molecule has 0 radical (unpaired) electrons. The second-order valence-corrected chi connectivity index (χ2v) is 7.30. The third-order valence-electron chi connectivity index (χ3n) is 3.54. The minimum atomic E-state index is -0.255. The molecule has 0 spiro atoms. The number of thioether (sulfide) groups is 1. The first kappa shape index (κ1) is 19.5. The van der Waals surface area contributed by atoms with Crippen molar-refractivity contribution in [2.45, 2.75) is 12.1 Å². The zero-order valence-corrected chi connectivity index (χ0v) is 16.8. The number of hydrogen-bond donors (Lipinski definition) is 1. The average molecular weight is 424 g/mol. The molecule has 0 aliphatic carbocycles. The Morgan fingerprint density at radius 1 is 1.26 bits per heavy atom. The van der Waals surface area contributed by atoms with Crippen LogP contribution in [0.5, 0.6) is 5.75 Å². The summed E-state index contributed by atoms with van der Waals surface area (Å²) in [4.78, 5) is 12.3. The van der Waals surface area contributed by atoms with Crippen LogP contribution in [-0.4, -0.2) is 39.0 Å². The van der Waals surface area contributed by atoms with Crippen LogP contribution in [-0.2, 0) is 4.79 Å². The maximum atomic E-state index is 12.3. The van der Waals surface area contributed by atoms with E-state index in [1.54, 1.807) is 25.3 Å². The number of rotatable bonds is 6. The van der Waals surface area contributed by atoms with Gasteiger partial charge in [-0.25, -0.2) is 0 Å². The van der Waals surface area contributed by atoms with E-state index in [1.165, 1.54) is 16.4 Å². The molecule has 3 aromatic rings. The molecule has 0 fully saturated rings. The van der Waals surface area contributed by atoms with Gasteiger partial charge in [0.1, 0.15) is 11.4 Å². The quantitative estimate of drug-likeness (QED) is 0.602. The molecule has 3 rings (SSSR count). The monoisotopic (exact) mass is 423 g/mol. The van der Waals surface area contributed by atoms with Crippen molar-refractivity contribution in [2.75, 3.05) is 18.2 Å². The predicted molar refractivity (Wildman–Crippen MR) is 106 cm³/mol. The molecule has 0 aliphatic rings. The normalized spacial score (nSPS) is 10.7. The highest BCUT2D eigenvalue weighted by molar-refractivity contribution is 7.99. The van der Waals surface area contributed by atoms with Crippen molar-refractivity contribution in [3.05, 3.63) is 52.0 Å². The first-order valence-electron chi connectivity index (χ1n) is 7.79. The third-order valence-corrected chi connectivity index (χ3v) is 5.02. The fourth-order valence-electron chi connectivity index (χ4n) is 2.30. The van der Waals surface area contributed by atoms with E-state index in [0.717, 1.165) is 5.56 Å². The van der Waals surface area contributed by atoms with E-state index in [1.807, 2.05) is 25.1 Å². The number of methoxy groups -OCH3 is 1. The number of anilines is 1. The van der Waals surface area contributed by atoms with Crippen LogP contribution in [0.15, 0.2) is 41.6 Å². The zero-order valence-electron chi connectivity index (χ0n) is 14.4. The molecular formula is C17H15Cl2N5O2S. The van der Waals surface area contributed by atoms with Gasteiger partial charge in [0, 0.05) is 5.02 Å². The number of halogens is 2. The molecule has 1 amide bonds. The number of nitrogens with zero attached hydrogens (tertiary/aromatic N) is 4. The summed E-state index contributed by atoms with van der Waals surface area (Å²) in [6.45, 7) is 1.96. The molecule has 27 heavy (non-hydrogen) atoms. The molecule has 0 saturated carbocycles. The summed E-state index contributed by atoms with van der Waals surface area (Å²) in [5.41, 5.74) is 2.18.